The van der Waals surface area contributed by atoms with E-state index in [0.29, 0.717) is 23.3 Å². The number of furan rings is 1. The third-order valence-electron chi connectivity index (χ3n) is 5.37. The van der Waals surface area contributed by atoms with Crippen LogP contribution in [0.3, 0.4) is 0 Å². The zero-order valence-electron chi connectivity index (χ0n) is 17.6. The molecule has 1 amide bonds. The number of amides is 1. The van der Waals surface area contributed by atoms with E-state index in [1.165, 1.54) is 28.2 Å². The molecule has 7 nitrogen and oxygen atoms in total. The lowest BCUT2D eigenvalue weighted by atomic mass is 10.00. The zero-order valence-corrected chi connectivity index (χ0v) is 18.5. The Morgan fingerprint density at radius 3 is 2.77 bits per heavy atom. The van der Waals surface area contributed by atoms with Crippen molar-refractivity contribution in [1.29, 1.82) is 0 Å². The maximum atomic E-state index is 13.4. The predicted molar refractivity (Wildman–Crippen MR) is 115 cm³/mol. The molecule has 3 heterocycles. The van der Waals surface area contributed by atoms with Crippen molar-refractivity contribution in [2.24, 2.45) is 0 Å². The number of methoxy groups -OCH3 is 1. The molecule has 1 aliphatic rings. The molecule has 0 aliphatic carbocycles. The van der Waals surface area contributed by atoms with E-state index in [-0.39, 0.29) is 11.3 Å². The van der Waals surface area contributed by atoms with Crippen molar-refractivity contribution in [3.8, 4) is 5.75 Å². The molecule has 0 saturated carbocycles. The number of nitrogens with one attached hydrogen (secondary N) is 1. The Kier molecular flexibility index (Phi) is 5.84. The second kappa shape index (κ2) is 8.56. The first kappa shape index (κ1) is 21.1. The summed E-state index contributed by atoms with van der Waals surface area (Å²) in [6, 6.07) is 9.93. The molecule has 0 fully saturated rings. The van der Waals surface area contributed by atoms with Crippen LogP contribution in [0.4, 0.5) is 0 Å². The van der Waals surface area contributed by atoms with Gasteiger partial charge in [0.05, 0.1) is 33.8 Å². The van der Waals surface area contributed by atoms with Crippen molar-refractivity contribution in [2.75, 3.05) is 34.3 Å². The highest BCUT2D eigenvalue weighted by Crippen LogP contribution is 2.41. The monoisotopic (exact) mass is 440 g/mol. The van der Waals surface area contributed by atoms with Crippen LogP contribution in [0, 0.1) is 0 Å². The quantitative estimate of drug-likeness (QED) is 0.536. The summed E-state index contributed by atoms with van der Waals surface area (Å²) in [5, 5.41) is 15.5. The van der Waals surface area contributed by atoms with Crippen molar-refractivity contribution >= 4 is 34.0 Å². The van der Waals surface area contributed by atoms with E-state index in [1.807, 2.05) is 31.6 Å². The van der Waals surface area contributed by atoms with Gasteiger partial charge in [-0.15, -0.1) is 11.3 Å². The Hall–Kier alpha value is -3.10. The molecule has 1 aromatic carbocycles. The summed E-state index contributed by atoms with van der Waals surface area (Å²) in [6.07, 6.45) is 0.729. The van der Waals surface area contributed by atoms with Crippen LogP contribution in [0.2, 0.25) is 0 Å². The number of para-hydroxylation sites is 1. The van der Waals surface area contributed by atoms with Gasteiger partial charge in [0, 0.05) is 28.8 Å². The maximum Gasteiger partial charge on any atom is 0.240 e. The number of fused-ring (bicyclic) bond motifs is 1. The topological polar surface area (TPSA) is 87.2 Å². The number of ketones is 1. The van der Waals surface area contributed by atoms with E-state index in [0.717, 1.165) is 17.8 Å². The molecule has 2 aromatic heterocycles. The van der Waals surface area contributed by atoms with Gasteiger partial charge < -0.3 is 24.1 Å². The summed E-state index contributed by atoms with van der Waals surface area (Å²) in [5.74, 6) is -1.43. The standard InChI is InChI=1S/C23H24N2O5S/c1-24(2)10-6-11-25-19(17-9-5-12-31-17)18(21(27)23(25)28)20(26)16-13-14-7-4-8-15(29-3)22(14)30-16/h4-5,7-9,12-13,19,27H,6,10-11H2,1-3H3. The van der Waals surface area contributed by atoms with Crippen molar-refractivity contribution in [3.05, 3.63) is 63.7 Å². The molecule has 3 aromatic rings. The molecule has 162 valence electrons. The van der Waals surface area contributed by atoms with E-state index in [9.17, 15) is 14.7 Å². The number of benzene rings is 1. The van der Waals surface area contributed by atoms with Crippen LogP contribution in [0.1, 0.15) is 27.9 Å². The minimum Gasteiger partial charge on any atom is -0.868 e. The smallest absolute Gasteiger partial charge is 0.240 e. The van der Waals surface area contributed by atoms with Gasteiger partial charge in [-0.3, -0.25) is 9.59 Å². The molecular formula is C23H24N2O5S. The average Bonchev–Trinajstić information content (AvgIpc) is 3.47. The van der Waals surface area contributed by atoms with Crippen molar-refractivity contribution in [2.45, 2.75) is 12.5 Å². The number of carbonyl (C=O) groups is 2. The summed E-state index contributed by atoms with van der Waals surface area (Å²) in [7, 11) is 5.59. The van der Waals surface area contributed by atoms with Crippen LogP contribution in [0.15, 0.2) is 57.5 Å². The number of nitrogens with zero attached hydrogens (tertiary/aromatic N) is 1. The second-order valence-corrected chi connectivity index (χ2v) is 8.77. The van der Waals surface area contributed by atoms with Crippen LogP contribution < -0.4 is 14.7 Å². The summed E-state index contributed by atoms with van der Waals surface area (Å²) in [4.78, 5) is 29.8. The lowest BCUT2D eigenvalue weighted by Gasteiger charge is -2.26. The average molecular weight is 441 g/mol. The first-order valence-electron chi connectivity index (χ1n) is 10.1. The second-order valence-electron chi connectivity index (χ2n) is 7.79. The summed E-state index contributed by atoms with van der Waals surface area (Å²) >= 11 is 1.42. The van der Waals surface area contributed by atoms with Gasteiger partial charge in [0.25, 0.3) is 0 Å². The lowest BCUT2D eigenvalue weighted by Crippen LogP contribution is -3.05. The van der Waals surface area contributed by atoms with Gasteiger partial charge in [-0.05, 0) is 29.3 Å². The van der Waals surface area contributed by atoms with Crippen LogP contribution in [-0.2, 0) is 4.79 Å². The fourth-order valence-electron chi connectivity index (χ4n) is 3.89. The molecule has 8 heteroatoms. The molecule has 1 unspecified atom stereocenters. The molecule has 1 atom stereocenters. The van der Waals surface area contributed by atoms with Gasteiger partial charge in [0.1, 0.15) is 0 Å². The van der Waals surface area contributed by atoms with E-state index in [1.54, 1.807) is 24.3 Å². The van der Waals surface area contributed by atoms with Gasteiger partial charge in [0.2, 0.25) is 11.7 Å². The molecule has 0 radical (unpaired) electrons. The lowest BCUT2D eigenvalue weighted by molar-refractivity contribution is -0.858. The third kappa shape index (κ3) is 3.84. The number of hydrogen-bond acceptors (Lipinski definition) is 6. The Morgan fingerprint density at radius 1 is 1.29 bits per heavy atom. The molecule has 1 aliphatic heterocycles. The van der Waals surface area contributed by atoms with Crippen LogP contribution in [-0.4, -0.2) is 50.9 Å². The molecule has 4 rings (SSSR count). The number of Topliss-reactive ketones (excluding diaryl/α,β-unsaturated/α-hetero) is 1. The maximum absolute atomic E-state index is 13.4. The summed E-state index contributed by atoms with van der Waals surface area (Å²) in [6.45, 7) is 1.25. The molecule has 0 spiro atoms. The van der Waals surface area contributed by atoms with E-state index >= 15 is 0 Å². The van der Waals surface area contributed by atoms with Crippen molar-refractivity contribution < 1.29 is 28.7 Å². The third-order valence-corrected chi connectivity index (χ3v) is 6.29. The van der Waals surface area contributed by atoms with Crippen LogP contribution >= 0.6 is 11.3 Å². The fourth-order valence-corrected chi connectivity index (χ4v) is 4.73. The number of ether oxygens (including phenoxy) is 1. The van der Waals surface area contributed by atoms with Crippen LogP contribution in [0.25, 0.3) is 11.0 Å². The zero-order chi connectivity index (χ0) is 22.1. The van der Waals surface area contributed by atoms with Crippen LogP contribution in [0.5, 0.6) is 5.75 Å². The molecule has 31 heavy (non-hydrogen) atoms. The predicted octanol–water partition coefficient (Wildman–Crippen LogP) is 1.42. The summed E-state index contributed by atoms with van der Waals surface area (Å²) in [5.41, 5.74) is 0.381. The highest BCUT2D eigenvalue weighted by molar-refractivity contribution is 7.10. The fraction of sp³-hybridized carbons (Fsp3) is 0.304. The molecule has 1 N–H and O–H groups in total. The number of quaternary nitrogens is 1. The minimum atomic E-state index is -0.756. The number of rotatable bonds is 8. The highest BCUT2D eigenvalue weighted by Gasteiger charge is 2.40. The van der Waals surface area contributed by atoms with E-state index < -0.39 is 23.5 Å². The normalized spacial score (nSPS) is 16.7. The number of hydrogen-bond donors (Lipinski definition) is 1. The molecular weight excluding hydrogens is 416 g/mol. The summed E-state index contributed by atoms with van der Waals surface area (Å²) < 4.78 is 11.1. The van der Waals surface area contributed by atoms with E-state index in [4.69, 9.17) is 9.15 Å². The largest absolute Gasteiger partial charge is 0.868 e. The number of carbonyl (C=O) groups excluding carboxylic acids is 2. The molecule has 0 bridgehead atoms. The first-order valence-corrected chi connectivity index (χ1v) is 11.0. The van der Waals surface area contributed by atoms with Gasteiger partial charge in [0.15, 0.2) is 17.1 Å². The highest BCUT2D eigenvalue weighted by atomic mass is 32.1. The Morgan fingerprint density at radius 2 is 2.10 bits per heavy atom. The number of thiophene rings is 1. The Labute approximate surface area is 184 Å². The van der Waals surface area contributed by atoms with Crippen molar-refractivity contribution in [3.63, 3.8) is 0 Å². The Balaban J connectivity index is 1.73. The van der Waals surface area contributed by atoms with Crippen molar-refractivity contribution in [1.82, 2.24) is 4.90 Å². The first-order chi connectivity index (χ1) is 14.9. The van der Waals surface area contributed by atoms with Gasteiger partial charge in [-0.1, -0.05) is 18.2 Å². The minimum absolute atomic E-state index is 0.0248. The van der Waals surface area contributed by atoms with E-state index in [2.05, 4.69) is 0 Å². The SMILES string of the molecule is COc1cccc2cc(C(=O)C3=C([O-])C(=O)N(CCC[NH+](C)C)C3c3cccs3)oc12. The molecule has 0 saturated heterocycles. The Bertz CT molecular complexity index is 1150. The van der Waals surface area contributed by atoms with Gasteiger partial charge >= 0.3 is 0 Å². The van der Waals surface area contributed by atoms with Gasteiger partial charge in [-0.2, -0.15) is 0 Å². The van der Waals surface area contributed by atoms with Gasteiger partial charge in [-0.25, -0.2) is 0 Å².